The molecule has 2 heterocycles. The first kappa shape index (κ1) is 15.5. The molecule has 3 aromatic rings. The van der Waals surface area contributed by atoms with Crippen LogP contribution in [0.1, 0.15) is 37.2 Å². The Morgan fingerprint density at radius 3 is 2.70 bits per heavy atom. The molecule has 0 amide bonds. The van der Waals surface area contributed by atoms with Crippen molar-refractivity contribution in [1.82, 2.24) is 20.2 Å². The fourth-order valence-electron chi connectivity index (χ4n) is 2.83. The van der Waals surface area contributed by atoms with Crippen molar-refractivity contribution in [2.45, 2.75) is 39.5 Å². The third-order valence-electron chi connectivity index (χ3n) is 4.09. The van der Waals surface area contributed by atoms with E-state index in [1.807, 2.05) is 0 Å². The molecule has 5 heteroatoms. The highest BCUT2D eigenvalue weighted by Crippen LogP contribution is 2.18. The number of aryl methyl sites for hydroxylation is 3. The van der Waals surface area contributed by atoms with E-state index in [1.165, 1.54) is 16.5 Å². The molecule has 0 spiro atoms. The Morgan fingerprint density at radius 2 is 1.87 bits per heavy atom. The van der Waals surface area contributed by atoms with Crippen molar-refractivity contribution in [3.63, 3.8) is 0 Å². The van der Waals surface area contributed by atoms with Gasteiger partial charge >= 0.3 is 0 Å². The van der Waals surface area contributed by atoms with Gasteiger partial charge in [-0.3, -0.25) is 0 Å². The Labute approximate surface area is 136 Å². The van der Waals surface area contributed by atoms with Gasteiger partial charge in [-0.1, -0.05) is 32.0 Å². The lowest BCUT2D eigenvalue weighted by Gasteiger charge is -2.07. The molecule has 0 saturated carbocycles. The standard InChI is InChI=1S/C18H23N5/c1-3-15-16(4-2)22-23-18(21-15)19-11-7-8-13-12-20-17-10-6-5-9-14(13)17/h5-6,9-10,12,20H,3-4,7-8,11H2,1-2H3,(H,19,21,23). The van der Waals surface area contributed by atoms with Gasteiger partial charge in [-0.15, -0.1) is 5.10 Å². The largest absolute Gasteiger partial charge is 0.361 e. The Hall–Kier alpha value is -2.43. The van der Waals surface area contributed by atoms with Gasteiger partial charge in [0.2, 0.25) is 5.95 Å². The van der Waals surface area contributed by atoms with Gasteiger partial charge in [0.25, 0.3) is 0 Å². The molecule has 0 saturated heterocycles. The quantitative estimate of drug-likeness (QED) is 0.655. The highest BCUT2D eigenvalue weighted by Gasteiger charge is 2.06. The molecule has 2 N–H and O–H groups in total. The molecule has 0 aliphatic rings. The number of para-hydroxylation sites is 1. The highest BCUT2D eigenvalue weighted by molar-refractivity contribution is 5.82. The predicted octanol–water partition coefficient (Wildman–Crippen LogP) is 3.52. The van der Waals surface area contributed by atoms with E-state index in [0.717, 1.165) is 43.6 Å². The molecule has 0 aliphatic carbocycles. The fraction of sp³-hybridized carbons (Fsp3) is 0.389. The Kier molecular flexibility index (Phi) is 4.86. The van der Waals surface area contributed by atoms with Crippen LogP contribution in [0.15, 0.2) is 30.5 Å². The minimum atomic E-state index is 0.637. The van der Waals surface area contributed by atoms with Crippen molar-refractivity contribution >= 4 is 16.9 Å². The van der Waals surface area contributed by atoms with E-state index < -0.39 is 0 Å². The number of aromatic nitrogens is 4. The van der Waals surface area contributed by atoms with Crippen molar-refractivity contribution in [2.24, 2.45) is 0 Å². The molecule has 0 fully saturated rings. The second-order valence-corrected chi connectivity index (χ2v) is 5.63. The lowest BCUT2D eigenvalue weighted by Crippen LogP contribution is -2.11. The summed E-state index contributed by atoms with van der Waals surface area (Å²) in [6, 6.07) is 8.41. The molecule has 0 aliphatic heterocycles. The lowest BCUT2D eigenvalue weighted by molar-refractivity contribution is 0.802. The average molecular weight is 309 g/mol. The monoisotopic (exact) mass is 309 g/mol. The van der Waals surface area contributed by atoms with Gasteiger partial charge in [0.1, 0.15) is 0 Å². The molecule has 0 unspecified atom stereocenters. The number of H-pyrrole nitrogens is 1. The van der Waals surface area contributed by atoms with Gasteiger partial charge < -0.3 is 10.3 Å². The van der Waals surface area contributed by atoms with E-state index in [4.69, 9.17) is 0 Å². The Balaban J connectivity index is 1.55. The van der Waals surface area contributed by atoms with E-state index in [2.05, 4.69) is 69.8 Å². The molecule has 120 valence electrons. The SMILES string of the molecule is CCc1nnc(NCCCc2c[nH]c3ccccc23)nc1CC. The van der Waals surface area contributed by atoms with Gasteiger partial charge in [0.15, 0.2) is 0 Å². The number of rotatable bonds is 7. The van der Waals surface area contributed by atoms with Gasteiger partial charge in [-0.05, 0) is 37.3 Å². The maximum absolute atomic E-state index is 4.56. The van der Waals surface area contributed by atoms with Crippen LogP contribution < -0.4 is 5.32 Å². The van der Waals surface area contributed by atoms with Crippen molar-refractivity contribution in [1.29, 1.82) is 0 Å². The number of fused-ring (bicyclic) bond motifs is 1. The number of hydrogen-bond acceptors (Lipinski definition) is 4. The summed E-state index contributed by atoms with van der Waals surface area (Å²) in [6.07, 6.45) is 5.93. The molecule has 3 rings (SSSR count). The topological polar surface area (TPSA) is 66.5 Å². The van der Waals surface area contributed by atoms with Gasteiger partial charge in [-0.2, -0.15) is 5.10 Å². The normalized spacial score (nSPS) is 11.0. The fourth-order valence-corrected chi connectivity index (χ4v) is 2.83. The van der Waals surface area contributed by atoms with Crippen LogP contribution in [0.3, 0.4) is 0 Å². The van der Waals surface area contributed by atoms with Crippen LogP contribution in [0.25, 0.3) is 10.9 Å². The summed E-state index contributed by atoms with van der Waals surface area (Å²) in [5.41, 5.74) is 4.60. The van der Waals surface area contributed by atoms with Crippen LogP contribution in [0, 0.1) is 0 Å². The van der Waals surface area contributed by atoms with Crippen molar-refractivity contribution in [3.05, 3.63) is 47.4 Å². The highest BCUT2D eigenvalue weighted by atomic mass is 15.2. The first-order valence-electron chi connectivity index (χ1n) is 8.33. The van der Waals surface area contributed by atoms with Crippen LogP contribution in [0.5, 0.6) is 0 Å². The summed E-state index contributed by atoms with van der Waals surface area (Å²) in [5, 5.41) is 13.0. The zero-order chi connectivity index (χ0) is 16.1. The third kappa shape index (κ3) is 3.50. The number of aromatic amines is 1. The van der Waals surface area contributed by atoms with E-state index in [9.17, 15) is 0 Å². The summed E-state index contributed by atoms with van der Waals surface area (Å²) in [5.74, 6) is 0.637. The zero-order valence-corrected chi connectivity index (χ0v) is 13.8. The smallest absolute Gasteiger partial charge is 0.242 e. The lowest BCUT2D eigenvalue weighted by atomic mass is 10.1. The summed E-state index contributed by atoms with van der Waals surface area (Å²) < 4.78 is 0. The minimum Gasteiger partial charge on any atom is -0.361 e. The van der Waals surface area contributed by atoms with Crippen molar-refractivity contribution in [3.8, 4) is 0 Å². The van der Waals surface area contributed by atoms with E-state index >= 15 is 0 Å². The van der Waals surface area contributed by atoms with Gasteiger partial charge in [0, 0.05) is 23.6 Å². The van der Waals surface area contributed by atoms with Crippen molar-refractivity contribution in [2.75, 3.05) is 11.9 Å². The van der Waals surface area contributed by atoms with Crippen LogP contribution in [0.4, 0.5) is 5.95 Å². The van der Waals surface area contributed by atoms with Crippen LogP contribution >= 0.6 is 0 Å². The van der Waals surface area contributed by atoms with Crippen LogP contribution in [-0.4, -0.2) is 26.7 Å². The minimum absolute atomic E-state index is 0.637. The van der Waals surface area contributed by atoms with Crippen molar-refractivity contribution < 1.29 is 0 Å². The molecule has 1 aromatic carbocycles. The molecular weight excluding hydrogens is 286 g/mol. The maximum atomic E-state index is 4.56. The molecule has 0 atom stereocenters. The van der Waals surface area contributed by atoms with Crippen LogP contribution in [-0.2, 0) is 19.3 Å². The first-order chi connectivity index (χ1) is 11.3. The number of benzene rings is 1. The maximum Gasteiger partial charge on any atom is 0.242 e. The third-order valence-corrected chi connectivity index (χ3v) is 4.09. The number of nitrogens with zero attached hydrogens (tertiary/aromatic N) is 3. The molecular formula is C18H23N5. The molecule has 23 heavy (non-hydrogen) atoms. The average Bonchev–Trinajstić information content (AvgIpc) is 3.01. The molecule has 0 bridgehead atoms. The van der Waals surface area contributed by atoms with E-state index in [-0.39, 0.29) is 0 Å². The zero-order valence-electron chi connectivity index (χ0n) is 13.8. The second-order valence-electron chi connectivity index (χ2n) is 5.63. The molecule has 0 radical (unpaired) electrons. The number of anilines is 1. The second kappa shape index (κ2) is 7.22. The summed E-state index contributed by atoms with van der Waals surface area (Å²) >= 11 is 0. The first-order valence-corrected chi connectivity index (χ1v) is 8.33. The molecule has 5 nitrogen and oxygen atoms in total. The number of hydrogen-bond donors (Lipinski definition) is 2. The Bertz CT molecular complexity index is 778. The predicted molar refractivity (Wildman–Crippen MR) is 93.7 cm³/mol. The van der Waals surface area contributed by atoms with E-state index in [1.54, 1.807) is 0 Å². The van der Waals surface area contributed by atoms with Gasteiger partial charge in [-0.25, -0.2) is 4.98 Å². The molecule has 2 aromatic heterocycles. The van der Waals surface area contributed by atoms with Crippen LogP contribution in [0.2, 0.25) is 0 Å². The summed E-state index contributed by atoms with van der Waals surface area (Å²) in [4.78, 5) is 7.88. The summed E-state index contributed by atoms with van der Waals surface area (Å²) in [7, 11) is 0. The summed E-state index contributed by atoms with van der Waals surface area (Å²) in [6.45, 7) is 5.03. The Morgan fingerprint density at radius 1 is 1.04 bits per heavy atom. The number of nitrogens with one attached hydrogen (secondary N) is 2. The van der Waals surface area contributed by atoms with E-state index in [0.29, 0.717) is 5.95 Å². The van der Waals surface area contributed by atoms with Gasteiger partial charge in [0.05, 0.1) is 11.4 Å².